The van der Waals surface area contributed by atoms with E-state index >= 15 is 0 Å². The first-order valence-electron chi connectivity index (χ1n) is 4.78. The van der Waals surface area contributed by atoms with Crippen molar-refractivity contribution in [3.05, 3.63) is 47.5 Å². The molecule has 80 valence electrons. The third kappa shape index (κ3) is 1.64. The summed E-state index contributed by atoms with van der Waals surface area (Å²) in [6.45, 7) is 0. The van der Waals surface area contributed by atoms with E-state index in [-0.39, 0.29) is 0 Å². The Balaban J connectivity index is 2.19. The zero-order chi connectivity index (χ0) is 11.1. The molecular formula is C12H7AsCl2O. The van der Waals surface area contributed by atoms with E-state index in [2.05, 4.69) is 0 Å². The van der Waals surface area contributed by atoms with Gasteiger partial charge in [0, 0.05) is 0 Å². The zero-order valence-electron chi connectivity index (χ0n) is 8.15. The number of fused-ring (bicyclic) bond motifs is 2. The first-order chi connectivity index (χ1) is 7.75. The molecule has 0 radical (unpaired) electrons. The Kier molecular flexibility index (Phi) is 2.63. The molecule has 4 heteroatoms. The Hall–Kier alpha value is -0.622. The molecule has 3 rings (SSSR count). The fourth-order valence-corrected chi connectivity index (χ4v) is 6.28. The molecule has 0 spiro atoms. The average Bonchev–Trinajstić information content (AvgIpc) is 2.31. The number of hydrogen-bond donors (Lipinski definition) is 0. The van der Waals surface area contributed by atoms with Crippen molar-refractivity contribution in [3.63, 3.8) is 0 Å². The predicted octanol–water partition coefficient (Wildman–Crippen LogP) is 2.79. The van der Waals surface area contributed by atoms with Crippen LogP contribution in [0.25, 0.3) is 0 Å². The Morgan fingerprint density at radius 2 is 1.69 bits per heavy atom. The van der Waals surface area contributed by atoms with Crippen molar-refractivity contribution in [1.82, 2.24) is 0 Å². The van der Waals surface area contributed by atoms with Crippen molar-refractivity contribution in [2.24, 2.45) is 0 Å². The number of ether oxygens (including phenoxy) is 1. The van der Waals surface area contributed by atoms with Gasteiger partial charge in [0.05, 0.1) is 0 Å². The molecule has 0 aromatic heterocycles. The number of para-hydroxylation sites is 1. The van der Waals surface area contributed by atoms with Gasteiger partial charge in [-0.3, -0.25) is 0 Å². The SMILES string of the molecule is Clc1ccc2c(c1)[As](Cl)c1ccccc1O2. The first kappa shape index (κ1) is 10.5. The van der Waals surface area contributed by atoms with Crippen LogP contribution < -0.4 is 13.4 Å². The summed E-state index contributed by atoms with van der Waals surface area (Å²) >= 11 is 4.25. The van der Waals surface area contributed by atoms with E-state index in [0.29, 0.717) is 5.02 Å². The summed E-state index contributed by atoms with van der Waals surface area (Å²) in [5, 5.41) is 0.710. The molecule has 0 fully saturated rings. The van der Waals surface area contributed by atoms with Gasteiger partial charge in [0.15, 0.2) is 0 Å². The van der Waals surface area contributed by atoms with Crippen LogP contribution in [0, 0.1) is 0 Å². The number of rotatable bonds is 0. The topological polar surface area (TPSA) is 9.23 Å². The van der Waals surface area contributed by atoms with Gasteiger partial charge in [0.1, 0.15) is 0 Å². The molecule has 1 nitrogen and oxygen atoms in total. The van der Waals surface area contributed by atoms with Gasteiger partial charge in [0.25, 0.3) is 0 Å². The van der Waals surface area contributed by atoms with Crippen LogP contribution in [0.2, 0.25) is 5.02 Å². The van der Waals surface area contributed by atoms with E-state index in [1.54, 1.807) is 0 Å². The quantitative estimate of drug-likeness (QED) is 0.680. The molecule has 2 aromatic carbocycles. The molecule has 16 heavy (non-hydrogen) atoms. The Labute approximate surface area is 107 Å². The van der Waals surface area contributed by atoms with Gasteiger partial charge >= 0.3 is 108 Å². The second-order valence-corrected chi connectivity index (χ2v) is 8.86. The van der Waals surface area contributed by atoms with Crippen molar-refractivity contribution in [2.45, 2.75) is 0 Å². The number of halogens is 2. The van der Waals surface area contributed by atoms with E-state index in [1.165, 1.54) is 0 Å². The number of hydrogen-bond acceptors (Lipinski definition) is 1. The van der Waals surface area contributed by atoms with Gasteiger partial charge < -0.3 is 0 Å². The summed E-state index contributed by atoms with van der Waals surface area (Å²) in [5.74, 6) is 1.73. The molecule has 2 aromatic rings. The van der Waals surface area contributed by atoms with Crippen LogP contribution in [0.3, 0.4) is 0 Å². The third-order valence-corrected chi connectivity index (χ3v) is 7.84. The summed E-state index contributed by atoms with van der Waals surface area (Å²) in [6.07, 6.45) is 0. The van der Waals surface area contributed by atoms with Crippen LogP contribution in [0.1, 0.15) is 0 Å². The van der Waals surface area contributed by atoms with Crippen molar-refractivity contribution in [2.75, 3.05) is 0 Å². The fourth-order valence-electron chi connectivity index (χ4n) is 1.68. The molecule has 1 heterocycles. The maximum absolute atomic E-state index is 6.56. The van der Waals surface area contributed by atoms with E-state index in [4.69, 9.17) is 26.3 Å². The summed E-state index contributed by atoms with van der Waals surface area (Å²) in [6, 6.07) is 13.6. The van der Waals surface area contributed by atoms with E-state index in [0.717, 1.165) is 20.2 Å². The average molecular weight is 313 g/mol. The van der Waals surface area contributed by atoms with Crippen LogP contribution in [0.5, 0.6) is 11.5 Å². The van der Waals surface area contributed by atoms with Gasteiger partial charge in [-0.1, -0.05) is 0 Å². The Bertz CT molecular complexity index is 556. The molecule has 0 saturated heterocycles. The predicted molar refractivity (Wildman–Crippen MR) is 68.8 cm³/mol. The van der Waals surface area contributed by atoms with Crippen molar-refractivity contribution in [3.8, 4) is 11.5 Å². The van der Waals surface area contributed by atoms with Gasteiger partial charge in [-0.25, -0.2) is 0 Å². The minimum absolute atomic E-state index is 0.710. The van der Waals surface area contributed by atoms with Gasteiger partial charge in [0.2, 0.25) is 0 Å². The van der Waals surface area contributed by atoms with Crippen LogP contribution in [-0.2, 0) is 0 Å². The first-order valence-corrected chi connectivity index (χ1v) is 9.50. The normalized spacial score (nSPS) is 17.2. The molecular weight excluding hydrogens is 306 g/mol. The molecule has 0 N–H and O–H groups in total. The van der Waals surface area contributed by atoms with Gasteiger partial charge in [-0.05, 0) is 0 Å². The standard InChI is InChI=1S/C12H7AsCl2O/c14-8-5-6-12-10(7-8)13(15)9-3-1-2-4-11(9)16-12/h1-7H. The molecule has 1 unspecified atom stereocenters. The van der Waals surface area contributed by atoms with Crippen LogP contribution in [0.4, 0.5) is 0 Å². The molecule has 1 atom stereocenters. The Morgan fingerprint density at radius 1 is 0.938 bits per heavy atom. The van der Waals surface area contributed by atoms with Crippen molar-refractivity contribution in [1.29, 1.82) is 0 Å². The van der Waals surface area contributed by atoms with E-state index in [9.17, 15) is 0 Å². The summed E-state index contributed by atoms with van der Waals surface area (Å²) in [4.78, 5) is 0. The molecule has 0 aliphatic carbocycles. The van der Waals surface area contributed by atoms with Crippen LogP contribution in [0.15, 0.2) is 42.5 Å². The fraction of sp³-hybridized carbons (Fsp3) is 0. The van der Waals surface area contributed by atoms with Crippen LogP contribution >= 0.6 is 21.6 Å². The van der Waals surface area contributed by atoms with Crippen molar-refractivity contribution < 1.29 is 4.74 Å². The second-order valence-electron chi connectivity index (χ2n) is 3.46. The van der Waals surface area contributed by atoms with Crippen molar-refractivity contribution >= 4 is 44.0 Å². The molecule has 1 aliphatic rings. The zero-order valence-corrected chi connectivity index (χ0v) is 11.5. The molecule has 0 saturated carbocycles. The van der Waals surface area contributed by atoms with Gasteiger partial charge in [-0.15, -0.1) is 0 Å². The summed E-state index contributed by atoms with van der Waals surface area (Å²) < 4.78 is 8.00. The summed E-state index contributed by atoms with van der Waals surface area (Å²) in [7, 11) is 6.56. The van der Waals surface area contributed by atoms with E-state index < -0.39 is 13.7 Å². The maximum atomic E-state index is 6.56. The molecule has 1 aliphatic heterocycles. The third-order valence-electron chi connectivity index (χ3n) is 2.43. The van der Waals surface area contributed by atoms with Crippen LogP contribution in [-0.4, -0.2) is 13.7 Å². The number of benzene rings is 2. The Morgan fingerprint density at radius 3 is 2.56 bits per heavy atom. The molecule has 0 amide bonds. The summed E-state index contributed by atoms with van der Waals surface area (Å²) in [5.41, 5.74) is 0. The molecule has 0 bridgehead atoms. The monoisotopic (exact) mass is 312 g/mol. The minimum atomic E-state index is -1.73. The second kappa shape index (κ2) is 4.00. The van der Waals surface area contributed by atoms with E-state index in [1.807, 2.05) is 42.5 Å². The van der Waals surface area contributed by atoms with Gasteiger partial charge in [-0.2, -0.15) is 0 Å².